The summed E-state index contributed by atoms with van der Waals surface area (Å²) in [7, 11) is 0. The van der Waals surface area contributed by atoms with Crippen LogP contribution >= 0.6 is 0 Å². The summed E-state index contributed by atoms with van der Waals surface area (Å²) in [6.07, 6.45) is 10.0. The molecule has 0 amide bonds. The lowest BCUT2D eigenvalue weighted by Gasteiger charge is -2.41. The summed E-state index contributed by atoms with van der Waals surface area (Å²) < 4.78 is 0. The number of rotatable bonds is 2. The van der Waals surface area contributed by atoms with E-state index in [1.54, 1.807) is 0 Å². The fourth-order valence-corrected chi connectivity index (χ4v) is 5.14. The van der Waals surface area contributed by atoms with E-state index in [9.17, 15) is 0 Å². The molecule has 3 heteroatoms. The van der Waals surface area contributed by atoms with E-state index >= 15 is 0 Å². The average Bonchev–Trinajstić information content (AvgIpc) is 3.25. The Hall–Kier alpha value is -0.120. The second-order valence-electron chi connectivity index (χ2n) is 7.90. The number of piperidine rings is 1. The molecule has 0 aromatic rings. The van der Waals surface area contributed by atoms with Crippen LogP contribution in [-0.4, -0.2) is 60.1 Å². The molecule has 4 aliphatic rings. The minimum absolute atomic E-state index is 0.401. The Morgan fingerprint density at radius 3 is 2.50 bits per heavy atom. The van der Waals surface area contributed by atoms with Crippen molar-refractivity contribution in [3.05, 3.63) is 0 Å². The van der Waals surface area contributed by atoms with Crippen LogP contribution in [0.3, 0.4) is 0 Å². The monoisotopic (exact) mass is 277 g/mol. The minimum atomic E-state index is 0.401. The van der Waals surface area contributed by atoms with Gasteiger partial charge in [0.05, 0.1) is 0 Å². The van der Waals surface area contributed by atoms with Crippen LogP contribution in [0.2, 0.25) is 0 Å². The van der Waals surface area contributed by atoms with Crippen molar-refractivity contribution in [1.29, 1.82) is 0 Å². The molecule has 3 atom stereocenters. The van der Waals surface area contributed by atoms with Gasteiger partial charge >= 0.3 is 0 Å². The molecule has 3 nitrogen and oxygen atoms in total. The topological polar surface area (TPSA) is 18.5 Å². The summed E-state index contributed by atoms with van der Waals surface area (Å²) in [5.74, 6) is 0.951. The molecule has 20 heavy (non-hydrogen) atoms. The van der Waals surface area contributed by atoms with Gasteiger partial charge in [-0.25, -0.2) is 0 Å². The highest BCUT2D eigenvalue weighted by molar-refractivity contribution is 5.04. The molecule has 4 fully saturated rings. The van der Waals surface area contributed by atoms with Gasteiger partial charge in [0.25, 0.3) is 0 Å². The summed E-state index contributed by atoms with van der Waals surface area (Å²) in [6, 6.07) is 1.73. The Bertz CT molecular complexity index is 354. The maximum absolute atomic E-state index is 3.89. The zero-order valence-electron chi connectivity index (χ0n) is 13.1. The number of nitrogens with one attached hydrogen (secondary N) is 1. The van der Waals surface area contributed by atoms with E-state index in [1.165, 1.54) is 77.7 Å². The molecule has 114 valence electrons. The first-order valence-electron chi connectivity index (χ1n) is 8.99. The van der Waals surface area contributed by atoms with Crippen LogP contribution < -0.4 is 5.32 Å². The van der Waals surface area contributed by atoms with Crippen molar-refractivity contribution in [3.63, 3.8) is 0 Å². The first-order chi connectivity index (χ1) is 9.76. The Morgan fingerprint density at radius 1 is 0.850 bits per heavy atom. The molecule has 0 spiro atoms. The lowest BCUT2D eigenvalue weighted by atomic mass is 9.92. The summed E-state index contributed by atoms with van der Waals surface area (Å²) in [5.41, 5.74) is 0.401. The first-order valence-corrected chi connectivity index (χ1v) is 8.99. The molecule has 4 rings (SSSR count). The molecular weight excluding hydrogens is 246 g/mol. The first kappa shape index (κ1) is 13.5. The third-order valence-electron chi connectivity index (χ3n) is 6.45. The molecule has 0 bridgehead atoms. The van der Waals surface area contributed by atoms with Gasteiger partial charge in [0.15, 0.2) is 0 Å². The van der Waals surface area contributed by atoms with Gasteiger partial charge in [0.1, 0.15) is 0 Å². The van der Waals surface area contributed by atoms with E-state index in [0.717, 1.165) is 18.0 Å². The lowest BCUT2D eigenvalue weighted by Crippen LogP contribution is -2.55. The smallest absolute Gasteiger partial charge is 0.0308 e. The zero-order chi connectivity index (χ0) is 13.6. The molecule has 3 saturated heterocycles. The summed E-state index contributed by atoms with van der Waals surface area (Å²) >= 11 is 0. The van der Waals surface area contributed by atoms with Crippen molar-refractivity contribution < 1.29 is 0 Å². The van der Waals surface area contributed by atoms with Crippen LogP contribution in [0.4, 0.5) is 0 Å². The second kappa shape index (κ2) is 5.26. The van der Waals surface area contributed by atoms with E-state index in [1.807, 2.05) is 0 Å². The van der Waals surface area contributed by atoms with Gasteiger partial charge in [-0.1, -0.05) is 6.42 Å². The average molecular weight is 277 g/mol. The summed E-state index contributed by atoms with van der Waals surface area (Å²) in [5, 5.41) is 3.89. The third-order valence-corrected chi connectivity index (χ3v) is 6.45. The molecular formula is C17H31N3. The second-order valence-corrected chi connectivity index (χ2v) is 7.90. The van der Waals surface area contributed by atoms with E-state index < -0.39 is 0 Å². The van der Waals surface area contributed by atoms with Crippen LogP contribution in [0.25, 0.3) is 0 Å². The van der Waals surface area contributed by atoms with Crippen molar-refractivity contribution in [3.8, 4) is 0 Å². The predicted octanol–water partition coefficient (Wildman–Crippen LogP) is 2.08. The molecule has 0 aromatic heterocycles. The fourth-order valence-electron chi connectivity index (χ4n) is 5.14. The number of nitrogens with zero attached hydrogens (tertiary/aromatic N) is 2. The maximum Gasteiger partial charge on any atom is 0.0308 e. The SMILES string of the molecule is CC1(C2CC2)CN(C2CCN3CCCCC23)CCCN1. The molecule has 3 aliphatic heterocycles. The highest BCUT2D eigenvalue weighted by Gasteiger charge is 2.46. The molecule has 0 aromatic carbocycles. The summed E-state index contributed by atoms with van der Waals surface area (Å²) in [6.45, 7) is 9.07. The van der Waals surface area contributed by atoms with Crippen LogP contribution in [0.1, 0.15) is 51.9 Å². The summed E-state index contributed by atoms with van der Waals surface area (Å²) in [4.78, 5) is 5.68. The largest absolute Gasteiger partial charge is 0.310 e. The minimum Gasteiger partial charge on any atom is -0.310 e. The van der Waals surface area contributed by atoms with Crippen LogP contribution in [0.5, 0.6) is 0 Å². The van der Waals surface area contributed by atoms with Crippen LogP contribution in [0, 0.1) is 5.92 Å². The fraction of sp³-hybridized carbons (Fsp3) is 1.00. The van der Waals surface area contributed by atoms with Gasteiger partial charge in [0, 0.05) is 30.7 Å². The van der Waals surface area contributed by atoms with Gasteiger partial charge in [-0.15, -0.1) is 0 Å². The van der Waals surface area contributed by atoms with Gasteiger partial charge in [-0.3, -0.25) is 9.80 Å². The van der Waals surface area contributed by atoms with E-state index in [4.69, 9.17) is 0 Å². The van der Waals surface area contributed by atoms with E-state index in [2.05, 4.69) is 22.0 Å². The predicted molar refractivity (Wildman–Crippen MR) is 82.9 cm³/mol. The van der Waals surface area contributed by atoms with Gasteiger partial charge in [-0.05, 0) is 71.0 Å². The van der Waals surface area contributed by atoms with Crippen molar-refractivity contribution in [2.75, 3.05) is 32.7 Å². The highest BCUT2D eigenvalue weighted by Crippen LogP contribution is 2.41. The number of hydrogen-bond donors (Lipinski definition) is 1. The van der Waals surface area contributed by atoms with Crippen molar-refractivity contribution in [1.82, 2.24) is 15.1 Å². The van der Waals surface area contributed by atoms with Crippen molar-refractivity contribution in [2.24, 2.45) is 5.92 Å². The zero-order valence-corrected chi connectivity index (χ0v) is 13.1. The van der Waals surface area contributed by atoms with Crippen molar-refractivity contribution in [2.45, 2.75) is 69.5 Å². The molecule has 0 radical (unpaired) electrons. The molecule has 3 heterocycles. The van der Waals surface area contributed by atoms with Crippen LogP contribution in [0.15, 0.2) is 0 Å². The number of hydrogen-bond acceptors (Lipinski definition) is 3. The standard InChI is InChI=1S/C17H31N3/c1-17(14-6-7-14)13-20(11-4-9-18-17)16-8-12-19-10-3-2-5-15(16)19/h14-16,18H,2-13H2,1H3. The quantitative estimate of drug-likeness (QED) is 0.834. The normalized spacial score (nSPS) is 44.2. The number of fused-ring (bicyclic) bond motifs is 1. The lowest BCUT2D eigenvalue weighted by molar-refractivity contribution is 0.0959. The molecule has 1 aliphatic carbocycles. The third kappa shape index (κ3) is 2.42. The van der Waals surface area contributed by atoms with Crippen molar-refractivity contribution >= 4 is 0 Å². The highest BCUT2D eigenvalue weighted by atomic mass is 15.3. The van der Waals surface area contributed by atoms with Crippen LogP contribution in [-0.2, 0) is 0 Å². The Balaban J connectivity index is 1.48. The molecule has 1 saturated carbocycles. The maximum atomic E-state index is 3.89. The molecule has 3 unspecified atom stereocenters. The van der Waals surface area contributed by atoms with Gasteiger partial charge < -0.3 is 5.32 Å². The Labute approximate surface area is 124 Å². The van der Waals surface area contributed by atoms with Gasteiger partial charge in [0.2, 0.25) is 0 Å². The molecule has 1 N–H and O–H groups in total. The Morgan fingerprint density at radius 2 is 1.65 bits per heavy atom. The van der Waals surface area contributed by atoms with E-state index in [-0.39, 0.29) is 0 Å². The van der Waals surface area contributed by atoms with E-state index in [0.29, 0.717) is 5.54 Å². The Kier molecular flexibility index (Phi) is 3.56. The van der Waals surface area contributed by atoms with Gasteiger partial charge in [-0.2, -0.15) is 0 Å².